The Morgan fingerprint density at radius 2 is 2.19 bits per heavy atom. The van der Waals surface area contributed by atoms with Crippen LogP contribution >= 0.6 is 22.9 Å². The second-order valence-corrected chi connectivity index (χ2v) is 6.55. The molecule has 7 heteroatoms. The number of fused-ring (bicyclic) bond motifs is 1. The topological polar surface area (TPSA) is 55.7 Å². The zero-order chi connectivity index (χ0) is 18.4. The van der Waals surface area contributed by atoms with E-state index in [0.717, 1.165) is 15.8 Å². The fraction of sp³-hybridized carbons (Fsp3) is 0.158. The molecular formula is C19H16ClN3O2S. The number of para-hydroxylation sites is 1. The van der Waals surface area contributed by atoms with Gasteiger partial charge in [-0.25, -0.2) is 4.98 Å². The Hall–Kier alpha value is -2.75. The minimum atomic E-state index is 0.117. The molecule has 0 aliphatic rings. The molecular weight excluding hydrogens is 370 g/mol. The number of rotatable bonds is 7. The molecule has 0 bridgehead atoms. The van der Waals surface area contributed by atoms with E-state index in [1.165, 1.54) is 11.3 Å². The molecule has 0 saturated heterocycles. The first-order valence-electron chi connectivity index (χ1n) is 7.88. The molecule has 132 valence electrons. The van der Waals surface area contributed by atoms with E-state index in [0.29, 0.717) is 28.3 Å². The van der Waals surface area contributed by atoms with Crippen molar-refractivity contribution in [2.75, 3.05) is 18.6 Å². The lowest BCUT2D eigenvalue weighted by Gasteiger charge is -2.12. The van der Waals surface area contributed by atoms with Crippen LogP contribution in [0.3, 0.4) is 0 Å². The van der Waals surface area contributed by atoms with Crippen molar-refractivity contribution >= 4 is 44.5 Å². The number of ether oxygens (including phenoxy) is 2. The Morgan fingerprint density at radius 1 is 1.35 bits per heavy atom. The average molecular weight is 386 g/mol. The Bertz CT molecular complexity index is 946. The van der Waals surface area contributed by atoms with E-state index in [9.17, 15) is 0 Å². The zero-order valence-corrected chi connectivity index (χ0v) is 15.6. The Balaban J connectivity index is 1.77. The molecule has 2 aromatic carbocycles. The predicted octanol–water partition coefficient (Wildman–Crippen LogP) is 4.81. The standard InChI is InChI=1S/C19H16ClN3O2S/c1-3-9-25-18-14(20)10-13(11-16(18)24-4-2)12-21-23-19-22-15-7-5-6-8-17(15)26-19/h1,5-8,10-12H,4,9H2,2H3,(H,22,23)/b21-12-. The molecule has 1 aromatic heterocycles. The molecule has 0 amide bonds. The summed E-state index contributed by atoms with van der Waals surface area (Å²) in [5.41, 5.74) is 4.64. The van der Waals surface area contributed by atoms with Gasteiger partial charge in [0.05, 0.1) is 28.1 Å². The summed E-state index contributed by atoms with van der Waals surface area (Å²) in [6.07, 6.45) is 6.88. The van der Waals surface area contributed by atoms with Crippen molar-refractivity contribution in [1.29, 1.82) is 0 Å². The number of halogens is 1. The number of benzene rings is 2. The van der Waals surface area contributed by atoms with E-state index in [1.54, 1.807) is 18.3 Å². The number of hydrogen-bond donors (Lipinski definition) is 1. The van der Waals surface area contributed by atoms with Crippen molar-refractivity contribution in [3.63, 3.8) is 0 Å². The quantitative estimate of drug-likeness (QED) is 0.360. The lowest BCUT2D eigenvalue weighted by molar-refractivity contribution is 0.299. The van der Waals surface area contributed by atoms with Gasteiger partial charge in [0.2, 0.25) is 5.13 Å². The normalized spacial score (nSPS) is 10.8. The van der Waals surface area contributed by atoms with Crippen LogP contribution in [-0.4, -0.2) is 24.4 Å². The number of hydrazone groups is 1. The first-order chi connectivity index (χ1) is 12.7. The van der Waals surface area contributed by atoms with Crippen LogP contribution in [0.4, 0.5) is 5.13 Å². The van der Waals surface area contributed by atoms with Crippen LogP contribution in [0.15, 0.2) is 41.5 Å². The van der Waals surface area contributed by atoms with Gasteiger partial charge in [-0.3, -0.25) is 5.43 Å². The summed E-state index contributed by atoms with van der Waals surface area (Å²) in [4.78, 5) is 4.46. The minimum absolute atomic E-state index is 0.117. The van der Waals surface area contributed by atoms with E-state index >= 15 is 0 Å². The number of nitrogens with zero attached hydrogens (tertiary/aromatic N) is 2. The number of anilines is 1. The van der Waals surface area contributed by atoms with Gasteiger partial charge in [-0.05, 0) is 36.8 Å². The molecule has 0 aliphatic heterocycles. The molecule has 0 fully saturated rings. The van der Waals surface area contributed by atoms with Crippen molar-refractivity contribution in [2.45, 2.75) is 6.92 Å². The highest BCUT2D eigenvalue weighted by Gasteiger charge is 2.12. The first kappa shape index (κ1) is 18.1. The third kappa shape index (κ3) is 4.26. The van der Waals surface area contributed by atoms with Crippen LogP contribution in [0.25, 0.3) is 10.2 Å². The highest BCUT2D eigenvalue weighted by atomic mass is 35.5. The lowest BCUT2D eigenvalue weighted by atomic mass is 10.2. The lowest BCUT2D eigenvalue weighted by Crippen LogP contribution is -2.01. The van der Waals surface area contributed by atoms with Gasteiger partial charge in [-0.15, -0.1) is 6.42 Å². The third-order valence-electron chi connectivity index (χ3n) is 3.30. The molecule has 5 nitrogen and oxygen atoms in total. The monoisotopic (exact) mass is 385 g/mol. The van der Waals surface area contributed by atoms with Crippen LogP contribution < -0.4 is 14.9 Å². The molecule has 0 aliphatic carbocycles. The molecule has 3 aromatic rings. The molecule has 0 spiro atoms. The molecule has 3 rings (SSSR count). The van der Waals surface area contributed by atoms with E-state index in [2.05, 4.69) is 21.4 Å². The van der Waals surface area contributed by atoms with Crippen LogP contribution in [0.5, 0.6) is 11.5 Å². The molecule has 0 saturated carbocycles. The van der Waals surface area contributed by atoms with E-state index < -0.39 is 0 Å². The smallest absolute Gasteiger partial charge is 0.204 e. The highest BCUT2D eigenvalue weighted by molar-refractivity contribution is 7.22. The predicted molar refractivity (Wildman–Crippen MR) is 108 cm³/mol. The summed E-state index contributed by atoms with van der Waals surface area (Å²) < 4.78 is 12.2. The second-order valence-electron chi connectivity index (χ2n) is 5.11. The maximum absolute atomic E-state index is 6.29. The van der Waals surface area contributed by atoms with E-state index in [4.69, 9.17) is 27.5 Å². The van der Waals surface area contributed by atoms with Crippen molar-refractivity contribution in [3.05, 3.63) is 47.0 Å². The van der Waals surface area contributed by atoms with Gasteiger partial charge < -0.3 is 9.47 Å². The van der Waals surface area contributed by atoms with Gasteiger partial charge in [0, 0.05) is 0 Å². The fourth-order valence-electron chi connectivity index (χ4n) is 2.26. The first-order valence-corrected chi connectivity index (χ1v) is 9.08. The SMILES string of the molecule is C#CCOc1c(Cl)cc(/C=N\Nc2nc3ccccc3s2)cc1OCC. The van der Waals surface area contributed by atoms with Crippen LogP contribution in [-0.2, 0) is 0 Å². The maximum Gasteiger partial charge on any atom is 0.204 e. The molecule has 1 heterocycles. The maximum atomic E-state index is 6.29. The Morgan fingerprint density at radius 3 is 2.96 bits per heavy atom. The number of thiazole rings is 1. The Labute approximate surface area is 160 Å². The summed E-state index contributed by atoms with van der Waals surface area (Å²) in [6, 6.07) is 11.4. The molecule has 0 atom stereocenters. The fourth-order valence-corrected chi connectivity index (χ4v) is 3.35. The van der Waals surface area contributed by atoms with Gasteiger partial charge in [0.1, 0.15) is 6.61 Å². The zero-order valence-electron chi connectivity index (χ0n) is 14.0. The summed E-state index contributed by atoms with van der Waals surface area (Å²) in [5, 5.41) is 5.35. The number of terminal acetylenes is 1. The van der Waals surface area contributed by atoms with Crippen molar-refractivity contribution in [1.82, 2.24) is 4.98 Å². The highest BCUT2D eigenvalue weighted by Crippen LogP contribution is 2.36. The van der Waals surface area contributed by atoms with Crippen LogP contribution in [0.2, 0.25) is 5.02 Å². The molecule has 26 heavy (non-hydrogen) atoms. The summed E-state index contributed by atoms with van der Waals surface area (Å²) in [5.74, 6) is 3.37. The number of hydrogen-bond acceptors (Lipinski definition) is 6. The van der Waals surface area contributed by atoms with Crippen LogP contribution in [0.1, 0.15) is 12.5 Å². The summed E-state index contributed by atoms with van der Waals surface area (Å²) in [7, 11) is 0. The van der Waals surface area contributed by atoms with Gasteiger partial charge in [0.25, 0.3) is 0 Å². The van der Waals surface area contributed by atoms with Crippen molar-refractivity contribution in [3.8, 4) is 23.8 Å². The van der Waals surface area contributed by atoms with Crippen LogP contribution in [0, 0.1) is 12.3 Å². The molecule has 0 radical (unpaired) electrons. The average Bonchev–Trinajstić information content (AvgIpc) is 3.04. The minimum Gasteiger partial charge on any atom is -0.490 e. The molecule has 0 unspecified atom stereocenters. The summed E-state index contributed by atoms with van der Waals surface area (Å²) >= 11 is 7.82. The summed E-state index contributed by atoms with van der Waals surface area (Å²) in [6.45, 7) is 2.48. The van der Waals surface area contributed by atoms with Gasteiger partial charge in [-0.1, -0.05) is 41.0 Å². The number of aromatic nitrogens is 1. The van der Waals surface area contributed by atoms with Crippen molar-refractivity contribution in [2.24, 2.45) is 5.10 Å². The van der Waals surface area contributed by atoms with Gasteiger partial charge in [0.15, 0.2) is 11.5 Å². The van der Waals surface area contributed by atoms with Gasteiger partial charge in [-0.2, -0.15) is 5.10 Å². The molecule has 1 N–H and O–H groups in total. The number of nitrogens with one attached hydrogen (secondary N) is 1. The third-order valence-corrected chi connectivity index (χ3v) is 4.52. The van der Waals surface area contributed by atoms with Gasteiger partial charge >= 0.3 is 0 Å². The van der Waals surface area contributed by atoms with Crippen molar-refractivity contribution < 1.29 is 9.47 Å². The van der Waals surface area contributed by atoms with E-state index in [1.807, 2.05) is 31.2 Å². The van der Waals surface area contributed by atoms with E-state index in [-0.39, 0.29) is 6.61 Å². The second kappa shape index (κ2) is 8.56. The Kier molecular flexibility index (Phi) is 5.95. The largest absolute Gasteiger partial charge is 0.490 e.